The minimum Gasteiger partial charge on any atom is -0.347 e. The molecule has 4 aliphatic carbocycles. The van der Waals surface area contributed by atoms with Gasteiger partial charge >= 0.3 is 0 Å². The van der Waals surface area contributed by atoms with Crippen LogP contribution in [0, 0.1) is 23.2 Å². The summed E-state index contributed by atoms with van der Waals surface area (Å²) < 4.78 is 0. The van der Waals surface area contributed by atoms with E-state index in [9.17, 15) is 14.4 Å². The Hall–Kier alpha value is -2.37. The highest BCUT2D eigenvalue weighted by Crippen LogP contribution is 2.60. The summed E-state index contributed by atoms with van der Waals surface area (Å²) in [6.45, 7) is 5.14. The molecule has 0 unspecified atom stereocenters. The first-order chi connectivity index (χ1) is 14.4. The third kappa shape index (κ3) is 4.09. The normalized spacial score (nSPS) is 28.8. The van der Waals surface area contributed by atoms with Crippen molar-refractivity contribution in [3.05, 3.63) is 29.8 Å². The van der Waals surface area contributed by atoms with Crippen molar-refractivity contribution in [2.24, 2.45) is 23.2 Å². The van der Waals surface area contributed by atoms with Gasteiger partial charge in [-0.1, -0.05) is 6.07 Å². The zero-order valence-corrected chi connectivity index (χ0v) is 18.1. The Bertz CT molecular complexity index is 795. The molecule has 6 nitrogen and oxygen atoms in total. The number of benzene rings is 1. The molecule has 4 fully saturated rings. The zero-order valence-electron chi connectivity index (χ0n) is 18.1. The van der Waals surface area contributed by atoms with Crippen LogP contribution in [0.25, 0.3) is 0 Å². The molecule has 0 aromatic heterocycles. The van der Waals surface area contributed by atoms with E-state index in [1.807, 2.05) is 13.8 Å². The van der Waals surface area contributed by atoms with Crippen LogP contribution in [0.15, 0.2) is 24.3 Å². The van der Waals surface area contributed by atoms with Gasteiger partial charge in [0.05, 0.1) is 6.54 Å². The van der Waals surface area contributed by atoms with Crippen molar-refractivity contribution >= 4 is 23.4 Å². The van der Waals surface area contributed by atoms with Crippen LogP contribution in [0.1, 0.15) is 62.7 Å². The first-order valence-electron chi connectivity index (χ1n) is 11.4. The van der Waals surface area contributed by atoms with Crippen LogP contribution >= 0.6 is 0 Å². The first-order valence-corrected chi connectivity index (χ1v) is 11.4. The molecule has 4 bridgehead atoms. The van der Waals surface area contributed by atoms with Crippen LogP contribution in [0.4, 0.5) is 5.69 Å². The number of hydrogen-bond acceptors (Lipinski definition) is 3. The van der Waals surface area contributed by atoms with Crippen LogP contribution in [0.3, 0.4) is 0 Å². The van der Waals surface area contributed by atoms with E-state index < -0.39 is 0 Å². The SMILES string of the molecule is CCN(CC)C(=O)c1cccc(NC(=O)CNC(=O)C23CC4CC(CC(C4)C2)C3)c1. The number of nitrogens with one attached hydrogen (secondary N) is 2. The smallest absolute Gasteiger partial charge is 0.253 e. The van der Waals surface area contributed by atoms with Gasteiger partial charge in [0.2, 0.25) is 11.8 Å². The van der Waals surface area contributed by atoms with Gasteiger partial charge in [0.15, 0.2) is 0 Å². The van der Waals surface area contributed by atoms with Crippen molar-refractivity contribution in [3.63, 3.8) is 0 Å². The number of carbonyl (C=O) groups is 3. The maximum absolute atomic E-state index is 13.0. The minimum atomic E-state index is -0.263. The quantitative estimate of drug-likeness (QED) is 0.721. The largest absolute Gasteiger partial charge is 0.347 e. The molecular weight excluding hydrogens is 378 g/mol. The summed E-state index contributed by atoms with van der Waals surface area (Å²) in [6, 6.07) is 6.97. The minimum absolute atomic E-state index is 0.0329. The molecule has 0 aliphatic heterocycles. The Morgan fingerprint density at radius 1 is 1.00 bits per heavy atom. The number of anilines is 1. The topological polar surface area (TPSA) is 78.5 Å². The number of hydrogen-bond donors (Lipinski definition) is 2. The first kappa shape index (κ1) is 20.9. The molecule has 4 saturated carbocycles. The fourth-order valence-corrected chi connectivity index (χ4v) is 6.37. The van der Waals surface area contributed by atoms with Gasteiger partial charge in [-0.2, -0.15) is 0 Å². The van der Waals surface area contributed by atoms with Gasteiger partial charge in [-0.15, -0.1) is 0 Å². The summed E-state index contributed by atoms with van der Waals surface area (Å²) in [5.41, 5.74) is 0.877. The van der Waals surface area contributed by atoms with Crippen LogP contribution in [0.2, 0.25) is 0 Å². The fourth-order valence-electron chi connectivity index (χ4n) is 6.37. The molecule has 0 saturated heterocycles. The van der Waals surface area contributed by atoms with E-state index in [1.54, 1.807) is 29.2 Å². The molecule has 162 valence electrons. The monoisotopic (exact) mass is 411 g/mol. The van der Waals surface area contributed by atoms with Crippen molar-refractivity contribution in [1.29, 1.82) is 0 Å². The molecule has 0 heterocycles. The highest BCUT2D eigenvalue weighted by Gasteiger charge is 2.54. The maximum Gasteiger partial charge on any atom is 0.253 e. The second-order valence-electron chi connectivity index (χ2n) is 9.49. The van der Waals surface area contributed by atoms with E-state index in [-0.39, 0.29) is 29.7 Å². The van der Waals surface area contributed by atoms with Gasteiger partial charge in [0.25, 0.3) is 5.91 Å². The van der Waals surface area contributed by atoms with Gasteiger partial charge < -0.3 is 15.5 Å². The van der Waals surface area contributed by atoms with Gasteiger partial charge in [-0.05, 0) is 88.3 Å². The second-order valence-corrected chi connectivity index (χ2v) is 9.49. The summed E-state index contributed by atoms with van der Waals surface area (Å²) in [5, 5.41) is 5.72. The molecule has 4 aliphatic rings. The summed E-state index contributed by atoms with van der Waals surface area (Å²) in [7, 11) is 0. The van der Waals surface area contributed by atoms with E-state index >= 15 is 0 Å². The molecule has 0 atom stereocenters. The molecule has 0 radical (unpaired) electrons. The number of carbonyl (C=O) groups excluding carboxylic acids is 3. The Morgan fingerprint density at radius 2 is 1.60 bits per heavy atom. The van der Waals surface area contributed by atoms with Crippen LogP contribution in [0.5, 0.6) is 0 Å². The molecule has 5 rings (SSSR count). The molecule has 1 aromatic rings. The third-order valence-corrected chi connectivity index (χ3v) is 7.37. The molecule has 1 aromatic carbocycles. The number of amides is 3. The van der Waals surface area contributed by atoms with Crippen molar-refractivity contribution in [2.45, 2.75) is 52.4 Å². The van der Waals surface area contributed by atoms with Gasteiger partial charge in [0.1, 0.15) is 0 Å². The zero-order chi connectivity index (χ0) is 21.3. The lowest BCUT2D eigenvalue weighted by Crippen LogP contribution is -2.54. The summed E-state index contributed by atoms with van der Waals surface area (Å²) in [5.74, 6) is 1.83. The predicted molar refractivity (Wildman–Crippen MR) is 116 cm³/mol. The lowest BCUT2D eigenvalue weighted by molar-refractivity contribution is -0.146. The van der Waals surface area contributed by atoms with E-state index in [1.165, 1.54) is 19.3 Å². The number of nitrogens with zero attached hydrogens (tertiary/aromatic N) is 1. The molecule has 30 heavy (non-hydrogen) atoms. The Kier molecular flexibility index (Phi) is 5.85. The number of rotatable bonds is 7. The van der Waals surface area contributed by atoms with Crippen molar-refractivity contribution in [3.8, 4) is 0 Å². The highest BCUT2D eigenvalue weighted by atomic mass is 16.2. The van der Waals surface area contributed by atoms with Crippen LogP contribution in [-0.4, -0.2) is 42.3 Å². The second kappa shape index (κ2) is 8.40. The highest BCUT2D eigenvalue weighted by molar-refractivity contribution is 5.98. The van der Waals surface area contributed by atoms with Crippen LogP contribution < -0.4 is 10.6 Å². The van der Waals surface area contributed by atoms with E-state index in [0.29, 0.717) is 42.1 Å². The van der Waals surface area contributed by atoms with Gasteiger partial charge in [0, 0.05) is 29.8 Å². The Labute approximate surface area is 178 Å². The lowest BCUT2D eigenvalue weighted by atomic mass is 9.49. The standard InChI is InChI=1S/C24H33N3O3/c1-3-27(4-2)22(29)19-6-5-7-20(11-19)26-21(28)15-25-23(30)24-12-16-8-17(13-24)10-18(9-16)14-24/h5-7,11,16-18H,3-4,8-10,12-15H2,1-2H3,(H,25,30)(H,26,28). The summed E-state index contributed by atoms with van der Waals surface area (Å²) >= 11 is 0. The molecule has 0 spiro atoms. The van der Waals surface area contributed by atoms with E-state index in [0.717, 1.165) is 19.3 Å². The fraction of sp³-hybridized carbons (Fsp3) is 0.625. The third-order valence-electron chi connectivity index (χ3n) is 7.37. The molecule has 6 heteroatoms. The summed E-state index contributed by atoms with van der Waals surface area (Å²) in [4.78, 5) is 39.7. The molecule has 3 amide bonds. The van der Waals surface area contributed by atoms with Gasteiger partial charge in [-0.3, -0.25) is 14.4 Å². The van der Waals surface area contributed by atoms with Crippen LogP contribution in [-0.2, 0) is 9.59 Å². The summed E-state index contributed by atoms with van der Waals surface area (Å²) in [6.07, 6.45) is 6.83. The van der Waals surface area contributed by atoms with Crippen molar-refractivity contribution in [1.82, 2.24) is 10.2 Å². The van der Waals surface area contributed by atoms with Gasteiger partial charge in [-0.25, -0.2) is 0 Å². The van der Waals surface area contributed by atoms with Crippen molar-refractivity contribution in [2.75, 3.05) is 25.0 Å². The van der Waals surface area contributed by atoms with E-state index in [4.69, 9.17) is 0 Å². The Morgan fingerprint density at radius 3 is 2.17 bits per heavy atom. The van der Waals surface area contributed by atoms with E-state index in [2.05, 4.69) is 10.6 Å². The van der Waals surface area contributed by atoms with Crippen molar-refractivity contribution < 1.29 is 14.4 Å². The average Bonchev–Trinajstić information content (AvgIpc) is 2.72. The molecular formula is C24H33N3O3. The Balaban J connectivity index is 1.33. The predicted octanol–water partition coefficient (Wildman–Crippen LogP) is 3.44. The lowest BCUT2D eigenvalue weighted by Gasteiger charge is -2.55. The maximum atomic E-state index is 13.0. The molecule has 2 N–H and O–H groups in total. The average molecular weight is 412 g/mol.